The van der Waals surface area contributed by atoms with E-state index in [0.717, 1.165) is 16.1 Å². The molecule has 0 aliphatic carbocycles. The molecule has 0 aliphatic rings. The lowest BCUT2D eigenvalue weighted by Gasteiger charge is -2.05. The maximum atomic E-state index is 11.9. The van der Waals surface area contributed by atoms with Crippen molar-refractivity contribution >= 4 is 46.2 Å². The van der Waals surface area contributed by atoms with Crippen molar-refractivity contribution < 1.29 is 14.7 Å². The Labute approximate surface area is 222 Å². The summed E-state index contributed by atoms with van der Waals surface area (Å²) in [6, 6.07) is 9.75. The van der Waals surface area contributed by atoms with Crippen LogP contribution in [-0.4, -0.2) is 42.0 Å². The summed E-state index contributed by atoms with van der Waals surface area (Å²) < 4.78 is 0. The summed E-state index contributed by atoms with van der Waals surface area (Å²) in [5.41, 5.74) is 10.1. The third-order valence-corrected chi connectivity index (χ3v) is 6.26. The zero-order valence-corrected chi connectivity index (χ0v) is 20.8. The summed E-state index contributed by atoms with van der Waals surface area (Å²) in [7, 11) is 0. The second kappa shape index (κ2) is 12.6. The summed E-state index contributed by atoms with van der Waals surface area (Å²) in [6.07, 6.45) is 8.12. The number of carbonyl (C=O) groups is 2. The minimum absolute atomic E-state index is 0.0876. The van der Waals surface area contributed by atoms with Gasteiger partial charge in [0.25, 0.3) is 5.91 Å². The number of thiazole rings is 2. The van der Waals surface area contributed by atoms with Gasteiger partial charge >= 0.3 is 6.03 Å². The van der Waals surface area contributed by atoms with Gasteiger partial charge in [0.1, 0.15) is 21.5 Å². The number of nitrogens with one attached hydrogen (secondary N) is 2. The highest BCUT2D eigenvalue weighted by Gasteiger charge is 2.11. The van der Waals surface area contributed by atoms with E-state index in [9.17, 15) is 14.7 Å². The SMILES string of the molecule is O=C(Nc1csc(-c2ccncc2)n1)Nc1ncccc1O.[N-]=[N+]=NC(=O)c1csc(-c2ccncc2)n1. The molecule has 188 valence electrons. The maximum absolute atomic E-state index is 11.9. The first-order chi connectivity index (χ1) is 18.5. The standard InChI is InChI=1S/C14H11N5O2S.C9H5N5OS/c20-10-2-1-5-16-12(10)19-14(21)18-11-8-22-13(17-11)9-3-6-15-7-4-9;10-14-13-8(15)7-5-16-9(12-7)6-1-3-11-4-2-6/h1-8,20H,(H2,16,18,19,21);1-5H. The third kappa shape index (κ3) is 6.92. The van der Waals surface area contributed by atoms with Crippen molar-refractivity contribution in [3.8, 4) is 26.9 Å². The van der Waals surface area contributed by atoms with Crippen LogP contribution in [0.2, 0.25) is 0 Å². The fraction of sp³-hybridized carbons (Fsp3) is 0. The van der Waals surface area contributed by atoms with E-state index in [4.69, 9.17) is 5.53 Å². The number of pyridine rings is 3. The highest BCUT2D eigenvalue weighted by Crippen LogP contribution is 2.26. The predicted molar refractivity (Wildman–Crippen MR) is 143 cm³/mol. The molecule has 0 aromatic carbocycles. The van der Waals surface area contributed by atoms with Gasteiger partial charge in [-0.05, 0) is 47.0 Å². The van der Waals surface area contributed by atoms with E-state index >= 15 is 0 Å². The van der Waals surface area contributed by atoms with Crippen LogP contribution in [0, 0.1) is 0 Å². The van der Waals surface area contributed by atoms with Crippen LogP contribution >= 0.6 is 22.7 Å². The van der Waals surface area contributed by atoms with Crippen LogP contribution in [-0.2, 0) is 0 Å². The predicted octanol–water partition coefficient (Wildman–Crippen LogP) is 5.61. The molecule has 0 aliphatic heterocycles. The number of anilines is 2. The van der Waals surface area contributed by atoms with Crippen molar-refractivity contribution in [1.82, 2.24) is 24.9 Å². The van der Waals surface area contributed by atoms with Crippen molar-refractivity contribution in [3.05, 3.63) is 94.3 Å². The lowest BCUT2D eigenvalue weighted by Crippen LogP contribution is -2.20. The molecule has 0 fully saturated rings. The maximum Gasteiger partial charge on any atom is 0.326 e. The number of urea groups is 1. The first kappa shape index (κ1) is 25.8. The van der Waals surface area contributed by atoms with Gasteiger partial charge in [0.2, 0.25) is 0 Å². The molecule has 38 heavy (non-hydrogen) atoms. The van der Waals surface area contributed by atoms with Crippen molar-refractivity contribution in [2.45, 2.75) is 0 Å². The van der Waals surface area contributed by atoms with Crippen LogP contribution in [0.25, 0.3) is 31.6 Å². The van der Waals surface area contributed by atoms with E-state index in [1.807, 2.05) is 12.1 Å². The molecule has 5 aromatic heterocycles. The van der Waals surface area contributed by atoms with E-state index in [2.05, 4.69) is 45.6 Å². The number of amides is 3. The smallest absolute Gasteiger partial charge is 0.326 e. The molecule has 0 bridgehead atoms. The van der Waals surface area contributed by atoms with Gasteiger partial charge in [0, 0.05) is 57.8 Å². The Hall–Kier alpha value is -5.24. The summed E-state index contributed by atoms with van der Waals surface area (Å²) in [5, 5.41) is 22.3. The minimum atomic E-state index is -0.668. The highest BCUT2D eigenvalue weighted by atomic mass is 32.1. The van der Waals surface area contributed by atoms with Gasteiger partial charge in [0.15, 0.2) is 11.6 Å². The Morgan fingerprint density at radius 1 is 0.868 bits per heavy atom. The molecule has 3 N–H and O–H groups in total. The Kier molecular flexibility index (Phi) is 8.60. The normalized spacial score (nSPS) is 9.89. The van der Waals surface area contributed by atoms with Gasteiger partial charge in [-0.1, -0.05) is 0 Å². The Bertz CT molecular complexity index is 1590. The Morgan fingerprint density at radius 3 is 2.13 bits per heavy atom. The van der Waals surface area contributed by atoms with Gasteiger partial charge in [-0.25, -0.2) is 19.7 Å². The van der Waals surface area contributed by atoms with Gasteiger partial charge in [-0.2, -0.15) is 0 Å². The van der Waals surface area contributed by atoms with Crippen LogP contribution in [0.4, 0.5) is 16.4 Å². The van der Waals surface area contributed by atoms with Crippen LogP contribution in [0.3, 0.4) is 0 Å². The van der Waals surface area contributed by atoms with E-state index in [1.54, 1.807) is 53.7 Å². The first-order valence-electron chi connectivity index (χ1n) is 10.6. The minimum Gasteiger partial charge on any atom is -0.504 e. The fourth-order valence-corrected chi connectivity index (χ4v) is 4.36. The van der Waals surface area contributed by atoms with Crippen molar-refractivity contribution in [2.24, 2.45) is 5.11 Å². The number of aromatic hydroxyl groups is 1. The number of carbonyl (C=O) groups excluding carboxylic acids is 2. The lowest BCUT2D eigenvalue weighted by molar-refractivity contribution is 0.0996. The molecular weight excluding hydrogens is 528 g/mol. The van der Waals surface area contributed by atoms with Gasteiger partial charge in [0.05, 0.1) is 0 Å². The molecule has 5 heterocycles. The van der Waals surface area contributed by atoms with E-state index in [1.165, 1.54) is 34.9 Å². The van der Waals surface area contributed by atoms with E-state index in [0.29, 0.717) is 10.8 Å². The van der Waals surface area contributed by atoms with Gasteiger partial charge < -0.3 is 5.11 Å². The second-order valence-electron chi connectivity index (χ2n) is 6.99. The molecular formula is C23H16N10O3S2. The number of hydrogen-bond acceptors (Lipinski definition) is 10. The van der Waals surface area contributed by atoms with E-state index in [-0.39, 0.29) is 17.3 Å². The van der Waals surface area contributed by atoms with Gasteiger partial charge in [-0.15, -0.1) is 22.7 Å². The molecule has 0 atom stereocenters. The average Bonchev–Trinajstić information content (AvgIpc) is 3.62. The molecule has 0 spiro atoms. The number of azide groups is 1. The molecule has 0 saturated heterocycles. The molecule has 0 radical (unpaired) electrons. The molecule has 0 unspecified atom stereocenters. The quantitative estimate of drug-likeness (QED) is 0.144. The Morgan fingerprint density at radius 2 is 1.50 bits per heavy atom. The molecule has 3 amide bonds. The largest absolute Gasteiger partial charge is 0.504 e. The van der Waals surface area contributed by atoms with Crippen LogP contribution in [0.5, 0.6) is 5.75 Å². The zero-order chi connectivity index (χ0) is 26.7. The molecule has 5 aromatic rings. The molecule has 15 heteroatoms. The average molecular weight is 545 g/mol. The first-order valence-corrected chi connectivity index (χ1v) is 12.3. The summed E-state index contributed by atoms with van der Waals surface area (Å²) >= 11 is 2.72. The van der Waals surface area contributed by atoms with Crippen molar-refractivity contribution in [2.75, 3.05) is 10.6 Å². The van der Waals surface area contributed by atoms with Crippen molar-refractivity contribution in [3.63, 3.8) is 0 Å². The second-order valence-corrected chi connectivity index (χ2v) is 8.71. The Balaban J connectivity index is 0.000000186. The summed E-state index contributed by atoms with van der Waals surface area (Å²) in [5.74, 6) is -0.262. The monoisotopic (exact) mass is 544 g/mol. The highest BCUT2D eigenvalue weighted by molar-refractivity contribution is 7.13. The molecule has 13 nitrogen and oxygen atoms in total. The van der Waals surface area contributed by atoms with Crippen LogP contribution in [0.15, 0.2) is 83.3 Å². The number of rotatable bonds is 5. The van der Waals surface area contributed by atoms with Crippen LogP contribution in [0.1, 0.15) is 10.5 Å². The number of aromatic nitrogens is 5. The molecule has 0 saturated carbocycles. The number of nitrogens with zero attached hydrogens (tertiary/aromatic N) is 8. The third-order valence-electron chi connectivity index (χ3n) is 4.48. The van der Waals surface area contributed by atoms with E-state index < -0.39 is 11.9 Å². The summed E-state index contributed by atoms with van der Waals surface area (Å²) in [4.78, 5) is 45.6. The van der Waals surface area contributed by atoms with Crippen molar-refractivity contribution in [1.29, 1.82) is 0 Å². The topological polar surface area (TPSA) is 192 Å². The summed E-state index contributed by atoms with van der Waals surface area (Å²) in [6.45, 7) is 0. The zero-order valence-electron chi connectivity index (χ0n) is 19.2. The molecule has 5 rings (SSSR count). The lowest BCUT2D eigenvalue weighted by atomic mass is 10.3. The van der Waals surface area contributed by atoms with Gasteiger partial charge in [-0.3, -0.25) is 25.4 Å². The fourth-order valence-electron chi connectivity index (χ4n) is 2.80. The number of hydrogen-bond donors (Lipinski definition) is 3. The van der Waals surface area contributed by atoms with Crippen LogP contribution < -0.4 is 10.6 Å².